The number of nitrogens with zero attached hydrogens (tertiary/aromatic N) is 1. The van der Waals surface area contributed by atoms with Crippen molar-refractivity contribution in [2.75, 3.05) is 13.2 Å². The minimum Gasteiger partial charge on any atom is -0.494 e. The van der Waals surface area contributed by atoms with Crippen molar-refractivity contribution in [3.8, 4) is 5.75 Å². The number of ether oxygens (including phenoxy) is 1. The fourth-order valence-electron chi connectivity index (χ4n) is 4.12. The Bertz CT molecular complexity index is 1010. The quantitative estimate of drug-likeness (QED) is 0.412. The lowest BCUT2D eigenvalue weighted by molar-refractivity contribution is -0.115. The zero-order chi connectivity index (χ0) is 21.1. The average molecular weight is 426 g/mol. The number of hydrogen-bond acceptors (Lipinski definition) is 3. The van der Waals surface area contributed by atoms with Crippen molar-refractivity contribution < 1.29 is 13.9 Å². The highest BCUT2D eigenvalue weighted by Crippen LogP contribution is 2.34. The molecule has 30 heavy (non-hydrogen) atoms. The second-order valence-corrected chi connectivity index (χ2v) is 8.23. The summed E-state index contributed by atoms with van der Waals surface area (Å²) in [7, 11) is 0. The normalized spacial score (nSPS) is 17.6. The Labute approximate surface area is 181 Å². The van der Waals surface area contributed by atoms with Crippen LogP contribution in [0.15, 0.2) is 60.3 Å². The summed E-state index contributed by atoms with van der Waals surface area (Å²) >= 11 is 5.64. The number of aryl methyl sites for hydroxylation is 2. The van der Waals surface area contributed by atoms with Crippen molar-refractivity contribution in [1.29, 1.82) is 0 Å². The lowest BCUT2D eigenvalue weighted by atomic mass is 9.85. The van der Waals surface area contributed by atoms with Crippen LogP contribution in [0.1, 0.15) is 36.5 Å². The minimum absolute atomic E-state index is 0.153. The van der Waals surface area contributed by atoms with Crippen molar-refractivity contribution in [2.45, 2.75) is 38.6 Å². The van der Waals surface area contributed by atoms with Gasteiger partial charge in [0.25, 0.3) is 0 Å². The summed E-state index contributed by atoms with van der Waals surface area (Å²) in [5, 5.41) is -0.330. The van der Waals surface area contributed by atoms with Crippen LogP contribution < -0.4 is 4.74 Å². The Hall–Kier alpha value is -2.59. The van der Waals surface area contributed by atoms with E-state index in [1.807, 2.05) is 35.4 Å². The van der Waals surface area contributed by atoms with Gasteiger partial charge in [0.05, 0.1) is 6.61 Å². The van der Waals surface area contributed by atoms with Gasteiger partial charge in [-0.25, -0.2) is 4.39 Å². The molecule has 0 fully saturated rings. The predicted octanol–water partition coefficient (Wildman–Crippen LogP) is 5.52. The van der Waals surface area contributed by atoms with Gasteiger partial charge in [-0.1, -0.05) is 24.3 Å². The Morgan fingerprint density at radius 1 is 1.23 bits per heavy atom. The van der Waals surface area contributed by atoms with Crippen LogP contribution in [-0.4, -0.2) is 29.3 Å². The van der Waals surface area contributed by atoms with Crippen LogP contribution in [0.2, 0.25) is 0 Å². The van der Waals surface area contributed by atoms with Gasteiger partial charge in [-0.2, -0.15) is 0 Å². The number of hydrogen-bond donors (Lipinski definition) is 0. The highest BCUT2D eigenvalue weighted by molar-refractivity contribution is 6.65. The monoisotopic (exact) mass is 425 g/mol. The van der Waals surface area contributed by atoms with Crippen LogP contribution in [-0.2, 0) is 17.6 Å². The largest absolute Gasteiger partial charge is 0.494 e. The fourth-order valence-corrected chi connectivity index (χ4v) is 4.32. The van der Waals surface area contributed by atoms with E-state index in [1.54, 1.807) is 6.07 Å². The maximum atomic E-state index is 13.7. The van der Waals surface area contributed by atoms with Gasteiger partial charge in [-0.15, -0.1) is 0 Å². The van der Waals surface area contributed by atoms with Crippen LogP contribution in [0.5, 0.6) is 5.75 Å². The lowest BCUT2D eigenvalue weighted by Gasteiger charge is -2.35. The molecule has 0 N–H and O–H groups in total. The number of halogens is 2. The first kappa shape index (κ1) is 20.7. The molecular weight excluding hydrogens is 401 g/mol. The van der Waals surface area contributed by atoms with E-state index < -0.39 is 0 Å². The summed E-state index contributed by atoms with van der Waals surface area (Å²) in [5.41, 5.74) is 5.87. The van der Waals surface area contributed by atoms with Crippen molar-refractivity contribution in [3.63, 3.8) is 0 Å². The van der Waals surface area contributed by atoms with Gasteiger partial charge in [0.15, 0.2) is 0 Å². The molecule has 2 aliphatic rings. The molecule has 2 aromatic rings. The van der Waals surface area contributed by atoms with Crippen LogP contribution >= 0.6 is 11.6 Å². The zero-order valence-electron chi connectivity index (χ0n) is 17.0. The molecule has 1 aliphatic heterocycles. The van der Waals surface area contributed by atoms with Gasteiger partial charge in [-0.3, -0.25) is 4.79 Å². The summed E-state index contributed by atoms with van der Waals surface area (Å²) in [5.74, 6) is 0.705. The van der Waals surface area contributed by atoms with Gasteiger partial charge in [0, 0.05) is 6.54 Å². The molecule has 0 spiro atoms. The van der Waals surface area contributed by atoms with Crippen molar-refractivity contribution >= 4 is 22.4 Å². The number of benzene rings is 2. The molecule has 0 radical (unpaired) electrons. The standard InChI is InChI=1S/C25H25ClFNO2/c1-17-20(16-28-13-12-24(28)25(26)29)9-8-19-15-21(10-11-22(17)19)30-14-4-6-18-5-2-3-7-23(18)27/h2-3,5,7,10-13,15,24H,4,6,8-9,14,16H2,1H3. The SMILES string of the molecule is CC1=C(CN2C=CC2C(=O)Cl)CCc2cc(OCCCc3ccccc3F)ccc21. The van der Waals surface area contributed by atoms with Crippen molar-refractivity contribution in [3.05, 3.63) is 82.8 Å². The molecule has 0 bridgehead atoms. The molecule has 156 valence electrons. The van der Waals surface area contributed by atoms with Gasteiger partial charge < -0.3 is 9.64 Å². The smallest absolute Gasteiger partial charge is 0.248 e. The highest BCUT2D eigenvalue weighted by Gasteiger charge is 2.28. The van der Waals surface area contributed by atoms with Gasteiger partial charge >= 0.3 is 0 Å². The van der Waals surface area contributed by atoms with Crippen LogP contribution in [0.3, 0.4) is 0 Å². The summed E-state index contributed by atoms with van der Waals surface area (Å²) in [6, 6.07) is 12.8. The maximum absolute atomic E-state index is 13.7. The Morgan fingerprint density at radius 3 is 2.80 bits per heavy atom. The second kappa shape index (κ2) is 9.05. The number of rotatable bonds is 8. The molecule has 5 heteroatoms. The van der Waals surface area contributed by atoms with E-state index in [0.29, 0.717) is 13.0 Å². The molecule has 1 atom stereocenters. The van der Waals surface area contributed by atoms with E-state index in [9.17, 15) is 9.18 Å². The summed E-state index contributed by atoms with van der Waals surface area (Å²) in [6.45, 7) is 3.44. The van der Waals surface area contributed by atoms with Crippen molar-refractivity contribution in [2.24, 2.45) is 0 Å². The van der Waals surface area contributed by atoms with E-state index in [-0.39, 0.29) is 17.1 Å². The number of carbonyl (C=O) groups excluding carboxylic acids is 1. The summed E-state index contributed by atoms with van der Waals surface area (Å²) in [6.07, 6.45) is 7.11. The maximum Gasteiger partial charge on any atom is 0.248 e. The molecule has 1 aliphatic carbocycles. The first-order chi connectivity index (χ1) is 14.5. The average Bonchev–Trinajstić information content (AvgIpc) is 2.70. The molecule has 0 saturated heterocycles. The third-order valence-corrected chi connectivity index (χ3v) is 6.17. The lowest BCUT2D eigenvalue weighted by Crippen LogP contribution is -2.42. The summed E-state index contributed by atoms with van der Waals surface area (Å²) < 4.78 is 19.6. The molecule has 4 rings (SSSR count). The van der Waals surface area contributed by atoms with E-state index in [4.69, 9.17) is 16.3 Å². The number of carbonyl (C=O) groups is 1. The number of allylic oxidation sites excluding steroid dienone is 1. The molecule has 1 heterocycles. The van der Waals surface area contributed by atoms with E-state index in [0.717, 1.165) is 37.1 Å². The molecule has 0 amide bonds. The number of fused-ring (bicyclic) bond motifs is 1. The van der Waals surface area contributed by atoms with Gasteiger partial charge in [0.1, 0.15) is 17.6 Å². The molecule has 3 nitrogen and oxygen atoms in total. The Kier molecular flexibility index (Phi) is 6.24. The molecule has 2 aromatic carbocycles. The van der Waals surface area contributed by atoms with Gasteiger partial charge in [-0.05, 0) is 103 Å². The first-order valence-corrected chi connectivity index (χ1v) is 10.7. The van der Waals surface area contributed by atoms with Crippen LogP contribution in [0, 0.1) is 5.82 Å². The second-order valence-electron chi connectivity index (χ2n) is 7.85. The van der Waals surface area contributed by atoms with E-state index >= 15 is 0 Å². The van der Waals surface area contributed by atoms with Crippen LogP contribution in [0.4, 0.5) is 4.39 Å². The highest BCUT2D eigenvalue weighted by atomic mass is 35.5. The van der Waals surface area contributed by atoms with E-state index in [2.05, 4.69) is 19.1 Å². The Balaban J connectivity index is 1.35. The molecule has 1 unspecified atom stereocenters. The zero-order valence-corrected chi connectivity index (χ0v) is 17.8. The first-order valence-electron chi connectivity index (χ1n) is 10.3. The van der Waals surface area contributed by atoms with Crippen LogP contribution in [0.25, 0.3) is 5.57 Å². The molecule has 0 aromatic heterocycles. The topological polar surface area (TPSA) is 29.5 Å². The van der Waals surface area contributed by atoms with E-state index in [1.165, 1.54) is 28.3 Å². The summed E-state index contributed by atoms with van der Waals surface area (Å²) in [4.78, 5) is 13.4. The third-order valence-electron chi connectivity index (χ3n) is 5.95. The van der Waals surface area contributed by atoms with Crippen molar-refractivity contribution in [1.82, 2.24) is 4.90 Å². The molecule has 0 saturated carbocycles. The predicted molar refractivity (Wildman–Crippen MR) is 118 cm³/mol. The van der Waals surface area contributed by atoms with Gasteiger partial charge in [0.2, 0.25) is 5.24 Å². The Morgan fingerprint density at radius 2 is 2.07 bits per heavy atom. The third kappa shape index (κ3) is 4.44. The minimum atomic E-state index is -0.330. The molecular formula is C25H25ClFNO2. The fraction of sp³-hybridized carbons (Fsp3) is 0.320.